The van der Waals surface area contributed by atoms with Crippen molar-refractivity contribution in [1.29, 1.82) is 0 Å². The van der Waals surface area contributed by atoms with Gasteiger partial charge in [-0.15, -0.1) is 0 Å². The molecule has 0 spiro atoms. The topological polar surface area (TPSA) is 81.1 Å². The van der Waals surface area contributed by atoms with Crippen molar-refractivity contribution in [3.8, 4) is 0 Å². The van der Waals surface area contributed by atoms with Gasteiger partial charge in [0.1, 0.15) is 12.3 Å². The Labute approximate surface area is 381 Å². The number of rotatable bonds is 9. The van der Waals surface area contributed by atoms with Crippen LogP contribution in [-0.2, 0) is 11.8 Å². The Morgan fingerprint density at radius 1 is 0.983 bits per heavy atom. The maximum absolute atomic E-state index is 13.1. The molecule has 0 bridgehead atoms. The van der Waals surface area contributed by atoms with Gasteiger partial charge in [0.15, 0.2) is 0 Å². The summed E-state index contributed by atoms with van der Waals surface area (Å²) in [5.74, 6) is 3.66. The van der Waals surface area contributed by atoms with E-state index in [1.165, 1.54) is 77.3 Å². The van der Waals surface area contributed by atoms with Gasteiger partial charge in [0.25, 0.3) is 5.91 Å². The fourth-order valence-corrected chi connectivity index (χ4v) is 6.26. The molecule has 0 radical (unpaired) electrons. The zero-order valence-electron chi connectivity index (χ0n) is 40.0. The number of fused-ring (bicyclic) bond motifs is 1. The normalized spacial score (nSPS) is 15.7. The first kappa shape index (κ1) is 57.9. The molecule has 1 saturated carbocycles. The van der Waals surface area contributed by atoms with E-state index in [0.717, 1.165) is 75.1 Å². The fraction of sp³-hybridized carbons (Fsp3) is 0.653. The van der Waals surface area contributed by atoms with E-state index in [-0.39, 0.29) is 44.4 Å². The Bertz CT molecular complexity index is 1560. The maximum Gasteiger partial charge on any atom is 2.00 e. The van der Waals surface area contributed by atoms with E-state index in [2.05, 4.69) is 84.2 Å². The number of hydrogen-bond acceptors (Lipinski definition) is 5. The molecule has 2 fully saturated rings. The number of likely N-dealkylation sites (N-methyl/N-ethyl adjacent to an activating group) is 1. The average molecular weight is 1030 g/mol. The second kappa shape index (κ2) is 31.7. The summed E-state index contributed by atoms with van der Waals surface area (Å²) < 4.78 is 8.43. The number of ether oxygens (including phenoxy) is 1. The standard InChI is InChI=1S/C24H29N5O2.C9H19.C5H10.C4H9N.C4H10.C2H6.CH3.U/c1-15-7-8-19-21(11-15)28(3)24(26-19)27-23(30)17-12-16(2)25-20(13-17)18-14-29(4,5)10-9-22(18)31-6;1-5-6-7-9(4)8(2)3;1-2-4-5-3-1;1-4-2-5-3-4;1-3-4-2;1-2;;/h7-8,11-13H,9-10,14H2,1-6H3;8-9H,4-7H2,1-3H3;1-5H2;4-5H,2-3H2,1H3;3-4H2,1-2H3;1-2H3;1H3;/q;-1;;;;;-1;+2/p+1. The van der Waals surface area contributed by atoms with E-state index < -0.39 is 0 Å². The van der Waals surface area contributed by atoms with Crippen LogP contribution in [0.25, 0.3) is 16.6 Å². The predicted molar refractivity (Wildman–Crippen MR) is 249 cm³/mol. The van der Waals surface area contributed by atoms with E-state index in [0.29, 0.717) is 17.4 Å². The summed E-state index contributed by atoms with van der Waals surface area (Å²) in [4.78, 5) is 22.4. The number of amides is 1. The van der Waals surface area contributed by atoms with E-state index in [4.69, 9.17) is 9.72 Å². The largest absolute Gasteiger partial charge is 2.00 e. The number of quaternary nitrogens is 1. The molecule has 1 saturated heterocycles. The van der Waals surface area contributed by atoms with Gasteiger partial charge in [0, 0.05) is 18.3 Å². The third-order valence-electron chi connectivity index (χ3n) is 10.5. The van der Waals surface area contributed by atoms with Gasteiger partial charge in [-0.2, -0.15) is 5.92 Å². The third-order valence-corrected chi connectivity index (χ3v) is 10.5. The quantitative estimate of drug-likeness (QED) is 0.165. The number of imidazole rings is 1. The molecule has 8 nitrogen and oxygen atoms in total. The molecule has 3 aliphatic rings. The second-order valence-electron chi connectivity index (χ2n) is 16.7. The summed E-state index contributed by atoms with van der Waals surface area (Å²) in [6.45, 7) is 29.6. The van der Waals surface area contributed by atoms with Gasteiger partial charge in [0.05, 0.1) is 56.5 Å². The van der Waals surface area contributed by atoms with Gasteiger partial charge in [-0.25, -0.2) is 4.98 Å². The van der Waals surface area contributed by atoms with Crippen LogP contribution in [0.4, 0.5) is 5.95 Å². The zero-order chi connectivity index (χ0) is 42.3. The number of aryl methyl sites for hydroxylation is 3. The molecule has 1 aliphatic carbocycles. The second-order valence-corrected chi connectivity index (χ2v) is 16.7. The van der Waals surface area contributed by atoms with Crippen LogP contribution in [0.5, 0.6) is 0 Å². The van der Waals surface area contributed by atoms with Crippen LogP contribution in [-0.4, -0.2) is 72.3 Å². The Morgan fingerprint density at radius 2 is 1.55 bits per heavy atom. The van der Waals surface area contributed by atoms with Crippen molar-refractivity contribution in [3.63, 3.8) is 0 Å². The van der Waals surface area contributed by atoms with Gasteiger partial charge >= 0.3 is 31.1 Å². The summed E-state index contributed by atoms with van der Waals surface area (Å²) in [6, 6.07) is 9.71. The number of hydrogen-bond donors (Lipinski definition) is 2. The zero-order valence-corrected chi connectivity index (χ0v) is 44.2. The SMILES string of the molecule is C1CCCC1.CC.CC1CNC1.CCCC.COC1=C(c2cc(C(=O)Nc3nc4ccc(C)cc4n3C)cc(C)n2)C[N+](C)(C)CC1.[CH2-]C(CCCC)C(C)C.[CH3-].[U+2]. The Hall–Kier alpha value is -2.18. The number of carbonyl (C=O) groups is 1. The number of benzene rings is 1. The molecule has 3 aromatic rings. The van der Waals surface area contributed by atoms with Crippen LogP contribution in [0.1, 0.15) is 153 Å². The number of nitrogens with one attached hydrogen (secondary N) is 2. The summed E-state index contributed by atoms with van der Waals surface area (Å²) in [5.41, 5.74) is 6.21. The number of carbonyl (C=O) groups excluding carboxylic acids is 1. The summed E-state index contributed by atoms with van der Waals surface area (Å²) in [7, 11) is 8.01. The van der Waals surface area contributed by atoms with Crippen molar-refractivity contribution in [1.82, 2.24) is 19.9 Å². The number of nitrogens with zero attached hydrogens (tertiary/aromatic N) is 4. The molecule has 9 heteroatoms. The third kappa shape index (κ3) is 21.4. The fourth-order valence-electron chi connectivity index (χ4n) is 6.26. The van der Waals surface area contributed by atoms with Gasteiger partial charge < -0.3 is 33.5 Å². The van der Waals surface area contributed by atoms with Crippen molar-refractivity contribution in [3.05, 3.63) is 73.0 Å². The summed E-state index contributed by atoms with van der Waals surface area (Å²) >= 11 is 0. The number of methoxy groups -OCH3 is 1. The minimum absolute atomic E-state index is 0. The van der Waals surface area contributed by atoms with Crippen LogP contribution in [0.2, 0.25) is 0 Å². The van der Waals surface area contributed by atoms with Crippen molar-refractivity contribution < 1.29 is 45.1 Å². The first-order valence-electron chi connectivity index (χ1n) is 22.0. The first-order valence-corrected chi connectivity index (χ1v) is 22.0. The molecule has 2 N–H and O–H groups in total. The molecule has 58 heavy (non-hydrogen) atoms. The number of anilines is 1. The minimum Gasteiger partial charge on any atom is -0.500 e. The summed E-state index contributed by atoms with van der Waals surface area (Å²) in [6.07, 6.45) is 14.9. The van der Waals surface area contributed by atoms with E-state index in [1.54, 1.807) is 7.11 Å². The Balaban J connectivity index is 0. The van der Waals surface area contributed by atoms with Crippen molar-refractivity contribution >= 4 is 28.5 Å². The van der Waals surface area contributed by atoms with Crippen LogP contribution < -0.4 is 10.6 Å². The van der Waals surface area contributed by atoms with Crippen LogP contribution in [0, 0.1) is 77.1 Å². The van der Waals surface area contributed by atoms with E-state index in [1.807, 2.05) is 63.6 Å². The maximum atomic E-state index is 13.1. The van der Waals surface area contributed by atoms with Crippen LogP contribution >= 0.6 is 0 Å². The molecule has 2 aliphatic heterocycles. The van der Waals surface area contributed by atoms with Gasteiger partial charge in [-0.1, -0.05) is 132 Å². The first-order chi connectivity index (χ1) is 26.7. The smallest absolute Gasteiger partial charge is 0.500 e. The molecule has 1 atom stereocenters. The molecule has 328 valence electrons. The molecule has 4 heterocycles. The molecular formula is C49H87N6O2U+. The van der Waals surface area contributed by atoms with Crippen molar-refractivity contribution in [2.75, 3.05) is 52.7 Å². The molecule has 1 unspecified atom stereocenters. The van der Waals surface area contributed by atoms with Gasteiger partial charge in [-0.05, 0) is 62.7 Å². The predicted octanol–water partition coefficient (Wildman–Crippen LogP) is 12.4. The molecule has 1 amide bonds. The Morgan fingerprint density at radius 3 is 2.02 bits per heavy atom. The molecule has 2 aromatic heterocycles. The number of aromatic nitrogens is 3. The average Bonchev–Trinajstić information content (AvgIpc) is 3.86. The number of unbranched alkanes of at least 4 members (excludes halogenated alkanes) is 2. The van der Waals surface area contributed by atoms with Crippen molar-refractivity contribution in [2.24, 2.45) is 24.8 Å². The Kier molecular flexibility index (Phi) is 31.6. The number of pyridine rings is 1. The molecule has 6 rings (SSSR count). The summed E-state index contributed by atoms with van der Waals surface area (Å²) in [5, 5.41) is 6.13. The van der Waals surface area contributed by atoms with E-state index in [9.17, 15) is 4.79 Å². The van der Waals surface area contributed by atoms with Gasteiger partial charge in [0.2, 0.25) is 5.95 Å². The molecule has 1 aromatic carbocycles. The van der Waals surface area contributed by atoms with E-state index >= 15 is 0 Å². The monoisotopic (exact) mass is 1030 g/mol. The van der Waals surface area contributed by atoms with Gasteiger partial charge in [-0.3, -0.25) is 15.1 Å². The van der Waals surface area contributed by atoms with Crippen molar-refractivity contribution in [2.45, 2.75) is 140 Å². The van der Waals surface area contributed by atoms with Crippen LogP contribution in [0.3, 0.4) is 0 Å². The molecular weight excluding hydrogens is 943 g/mol. The minimum atomic E-state index is -0.203. The van der Waals surface area contributed by atoms with Crippen LogP contribution in [0.15, 0.2) is 36.1 Å².